The van der Waals surface area contributed by atoms with E-state index in [1.807, 2.05) is 22.7 Å². The Labute approximate surface area is 379 Å². The van der Waals surface area contributed by atoms with Gasteiger partial charge in [-0.2, -0.15) is 0 Å². The standard InChI is InChI=1S/C60H38N2S2/c1-60(43-17-6-3-7-18-43)51-24-11-8-19-45(51)46-29-27-39(35-52(46)60)53-36-54(62-59(61-53)37-15-4-2-5-16-37)42-32-40(38-28-30-57-50(34-38)48-21-10-12-25-55(48)63-57)31-41(33-42)44-22-14-23-49-47-20-9-13-26-56(47)64-58(44)49/h2-36H,1H3. The van der Waals surface area contributed by atoms with Crippen LogP contribution in [0.5, 0.6) is 0 Å². The molecule has 3 aromatic heterocycles. The molecule has 0 aliphatic heterocycles. The van der Waals surface area contributed by atoms with Gasteiger partial charge < -0.3 is 0 Å². The molecule has 1 atom stereocenters. The minimum Gasteiger partial charge on any atom is -0.228 e. The summed E-state index contributed by atoms with van der Waals surface area (Å²) in [5, 5.41) is 5.16. The summed E-state index contributed by atoms with van der Waals surface area (Å²) in [5.74, 6) is 0.701. The summed E-state index contributed by atoms with van der Waals surface area (Å²) in [6.45, 7) is 2.37. The van der Waals surface area contributed by atoms with Crippen molar-refractivity contribution in [2.75, 3.05) is 0 Å². The highest BCUT2D eigenvalue weighted by Crippen LogP contribution is 2.53. The van der Waals surface area contributed by atoms with Crippen molar-refractivity contribution in [3.63, 3.8) is 0 Å². The van der Waals surface area contributed by atoms with Crippen LogP contribution >= 0.6 is 22.7 Å². The zero-order valence-corrected chi connectivity index (χ0v) is 36.6. The number of benzene rings is 9. The molecule has 9 aromatic carbocycles. The van der Waals surface area contributed by atoms with Gasteiger partial charge in [0.25, 0.3) is 0 Å². The normalized spacial score (nSPS) is 14.4. The molecule has 1 unspecified atom stereocenters. The lowest BCUT2D eigenvalue weighted by atomic mass is 9.74. The molecule has 13 rings (SSSR count). The highest BCUT2D eigenvalue weighted by molar-refractivity contribution is 7.26. The second kappa shape index (κ2) is 14.5. The maximum absolute atomic E-state index is 5.42. The van der Waals surface area contributed by atoms with Crippen molar-refractivity contribution in [1.82, 2.24) is 9.97 Å². The van der Waals surface area contributed by atoms with E-state index in [0.717, 1.165) is 39.2 Å². The molecule has 1 aliphatic carbocycles. The molecule has 0 radical (unpaired) electrons. The molecule has 0 spiro atoms. The van der Waals surface area contributed by atoms with Gasteiger partial charge in [-0.1, -0.05) is 158 Å². The zero-order valence-electron chi connectivity index (χ0n) is 34.9. The van der Waals surface area contributed by atoms with Crippen molar-refractivity contribution in [2.24, 2.45) is 0 Å². The van der Waals surface area contributed by atoms with Crippen molar-refractivity contribution in [1.29, 1.82) is 0 Å². The van der Waals surface area contributed by atoms with Crippen molar-refractivity contribution < 1.29 is 0 Å². The summed E-state index contributed by atoms with van der Waals surface area (Å²) in [4.78, 5) is 10.8. The largest absolute Gasteiger partial charge is 0.228 e. The van der Waals surface area contributed by atoms with Gasteiger partial charge in [0.2, 0.25) is 0 Å². The van der Waals surface area contributed by atoms with E-state index in [1.165, 1.54) is 79.3 Å². The molecule has 0 saturated heterocycles. The van der Waals surface area contributed by atoms with Gasteiger partial charge >= 0.3 is 0 Å². The summed E-state index contributed by atoms with van der Waals surface area (Å²) in [5.41, 5.74) is 15.7. The van der Waals surface area contributed by atoms with Gasteiger partial charge in [-0.05, 0) is 112 Å². The maximum Gasteiger partial charge on any atom is 0.160 e. The lowest BCUT2D eigenvalue weighted by Gasteiger charge is -2.28. The molecule has 0 amide bonds. The number of nitrogens with zero attached hydrogens (tertiary/aromatic N) is 2. The van der Waals surface area contributed by atoms with Crippen LogP contribution in [0.2, 0.25) is 0 Å². The fraction of sp³-hybridized carbons (Fsp3) is 0.0333. The van der Waals surface area contributed by atoms with Crippen LogP contribution in [0.1, 0.15) is 23.6 Å². The lowest BCUT2D eigenvalue weighted by molar-refractivity contribution is 0.714. The third kappa shape index (κ3) is 5.84. The second-order valence-electron chi connectivity index (χ2n) is 17.0. The minimum atomic E-state index is -0.326. The Morgan fingerprint density at radius 2 is 0.938 bits per heavy atom. The predicted molar refractivity (Wildman–Crippen MR) is 272 cm³/mol. The van der Waals surface area contributed by atoms with Gasteiger partial charge in [0, 0.05) is 62.4 Å². The number of thiophene rings is 2. The molecule has 2 nitrogen and oxygen atoms in total. The Morgan fingerprint density at radius 3 is 1.77 bits per heavy atom. The second-order valence-corrected chi connectivity index (χ2v) is 19.1. The monoisotopic (exact) mass is 850 g/mol. The average Bonchev–Trinajstić information content (AvgIpc) is 4.02. The van der Waals surface area contributed by atoms with E-state index in [0.29, 0.717) is 5.82 Å². The smallest absolute Gasteiger partial charge is 0.160 e. The van der Waals surface area contributed by atoms with Gasteiger partial charge in [0.1, 0.15) is 0 Å². The summed E-state index contributed by atoms with van der Waals surface area (Å²) in [6.07, 6.45) is 0. The molecule has 1 aliphatic rings. The summed E-state index contributed by atoms with van der Waals surface area (Å²) >= 11 is 3.72. The van der Waals surface area contributed by atoms with Crippen LogP contribution in [0.3, 0.4) is 0 Å². The van der Waals surface area contributed by atoms with Crippen molar-refractivity contribution >= 4 is 63.0 Å². The van der Waals surface area contributed by atoms with Gasteiger partial charge in [-0.3, -0.25) is 0 Å². The molecule has 0 saturated carbocycles. The third-order valence-electron chi connectivity index (χ3n) is 13.4. The fourth-order valence-electron chi connectivity index (χ4n) is 10.2. The van der Waals surface area contributed by atoms with Crippen molar-refractivity contribution in [3.05, 3.63) is 229 Å². The van der Waals surface area contributed by atoms with E-state index >= 15 is 0 Å². The van der Waals surface area contributed by atoms with E-state index in [4.69, 9.17) is 9.97 Å². The maximum atomic E-state index is 5.42. The van der Waals surface area contributed by atoms with Gasteiger partial charge in [-0.25, -0.2) is 9.97 Å². The zero-order chi connectivity index (χ0) is 42.4. The number of hydrogen-bond acceptors (Lipinski definition) is 4. The number of hydrogen-bond donors (Lipinski definition) is 0. The Morgan fingerprint density at radius 1 is 0.344 bits per heavy atom. The van der Waals surface area contributed by atoms with Crippen LogP contribution in [-0.4, -0.2) is 9.97 Å². The van der Waals surface area contributed by atoms with Crippen molar-refractivity contribution in [3.8, 4) is 67.3 Å². The SMILES string of the molecule is CC1(c2ccccc2)c2ccccc2-c2ccc(-c3cc(-c4cc(-c5ccc6sc7ccccc7c6c5)cc(-c5cccc6c5sc5ccccc56)c4)nc(-c4ccccc4)n3)cc21. The molecular weight excluding hydrogens is 813 g/mol. The molecule has 12 aromatic rings. The summed E-state index contributed by atoms with van der Waals surface area (Å²) in [6, 6.07) is 77.6. The van der Waals surface area contributed by atoms with Crippen LogP contribution in [0, 0.1) is 0 Å². The molecule has 0 N–H and O–H groups in total. The van der Waals surface area contributed by atoms with Crippen molar-refractivity contribution in [2.45, 2.75) is 12.3 Å². The minimum absolute atomic E-state index is 0.326. The van der Waals surface area contributed by atoms with E-state index in [-0.39, 0.29) is 5.41 Å². The van der Waals surface area contributed by atoms with Crippen LogP contribution in [0.25, 0.3) is 108 Å². The first-order valence-electron chi connectivity index (χ1n) is 21.8. The number of aromatic nitrogens is 2. The third-order valence-corrected chi connectivity index (χ3v) is 15.7. The highest BCUT2D eigenvalue weighted by Gasteiger charge is 2.40. The molecular formula is C60H38N2S2. The van der Waals surface area contributed by atoms with E-state index in [2.05, 4.69) is 219 Å². The van der Waals surface area contributed by atoms with Crippen LogP contribution in [0.15, 0.2) is 212 Å². The predicted octanol–water partition coefficient (Wildman–Crippen LogP) is 16.9. The Bertz CT molecular complexity index is 3810. The van der Waals surface area contributed by atoms with E-state index in [9.17, 15) is 0 Å². The van der Waals surface area contributed by atoms with Crippen LogP contribution in [-0.2, 0) is 5.41 Å². The quantitative estimate of drug-likeness (QED) is 0.167. The molecule has 300 valence electrons. The Balaban J connectivity index is 1.04. The number of rotatable bonds is 6. The van der Waals surface area contributed by atoms with Crippen LogP contribution in [0.4, 0.5) is 0 Å². The lowest BCUT2D eigenvalue weighted by Crippen LogP contribution is -2.22. The molecule has 64 heavy (non-hydrogen) atoms. The molecule has 4 heteroatoms. The molecule has 3 heterocycles. The summed E-state index contributed by atoms with van der Waals surface area (Å²) in [7, 11) is 0. The number of fused-ring (bicyclic) bond motifs is 9. The Hall–Kier alpha value is -7.50. The highest BCUT2D eigenvalue weighted by atomic mass is 32.1. The Kier molecular flexibility index (Phi) is 8.42. The average molecular weight is 851 g/mol. The fourth-order valence-corrected chi connectivity index (χ4v) is 12.5. The van der Waals surface area contributed by atoms with Gasteiger partial charge in [-0.15, -0.1) is 22.7 Å². The molecule has 0 fully saturated rings. The molecule has 0 bridgehead atoms. The van der Waals surface area contributed by atoms with Crippen LogP contribution < -0.4 is 0 Å². The topological polar surface area (TPSA) is 25.8 Å². The van der Waals surface area contributed by atoms with E-state index in [1.54, 1.807) is 0 Å². The van der Waals surface area contributed by atoms with E-state index < -0.39 is 0 Å². The summed E-state index contributed by atoms with van der Waals surface area (Å²) < 4.78 is 5.19. The van der Waals surface area contributed by atoms with Gasteiger partial charge in [0.05, 0.1) is 11.4 Å². The first-order chi connectivity index (χ1) is 31.6. The first kappa shape index (κ1) is 37.1. The van der Waals surface area contributed by atoms with Gasteiger partial charge in [0.15, 0.2) is 5.82 Å². The first-order valence-corrected chi connectivity index (χ1v) is 23.4.